The van der Waals surface area contributed by atoms with E-state index in [0.29, 0.717) is 5.82 Å². The molecule has 1 spiro atoms. The molecule has 268 valence electrons. The zero-order valence-electron chi connectivity index (χ0n) is 31.0. The average molecular weight is 747 g/mol. The Kier molecular flexibility index (Phi) is 7.67. The fraction of sp³-hybridized carbons (Fsp3) is 0.0189. The third kappa shape index (κ3) is 4.96. The van der Waals surface area contributed by atoms with Gasteiger partial charge in [-0.2, -0.15) is 0 Å². The molecule has 0 atom stereocenters. The molecule has 0 saturated carbocycles. The Morgan fingerprint density at radius 2 is 0.719 bits per heavy atom. The second-order valence-electron chi connectivity index (χ2n) is 14.8. The molecule has 2 aliphatic carbocycles. The number of nitrogens with zero attached hydrogens (tertiary/aromatic N) is 2. The molecule has 0 aliphatic heterocycles. The van der Waals surface area contributed by atoms with Crippen molar-refractivity contribution in [1.82, 2.24) is 9.97 Å². The van der Waals surface area contributed by atoms with E-state index in [1.807, 2.05) is 72.8 Å². The molecule has 0 saturated heterocycles. The summed E-state index contributed by atoms with van der Waals surface area (Å²) >= 11 is 0. The van der Waals surface area contributed by atoms with Crippen molar-refractivity contribution in [2.24, 2.45) is 0 Å². The molecule has 0 N–H and O–H groups in total. The van der Waals surface area contributed by atoms with Gasteiger partial charge in [-0.05, 0) is 38.9 Å². The van der Waals surface area contributed by atoms with E-state index in [0.717, 1.165) is 60.7 Å². The second-order valence-corrected chi connectivity index (χ2v) is 17.5. The first kappa shape index (κ1) is 33.4. The Balaban J connectivity index is 1.04. The second kappa shape index (κ2) is 13.1. The predicted molar refractivity (Wildman–Crippen MR) is 234 cm³/mol. The monoisotopic (exact) mass is 746 g/mol. The first-order chi connectivity index (χ1) is 28.2. The van der Waals surface area contributed by atoms with Crippen molar-refractivity contribution in [3.63, 3.8) is 0 Å². The molecule has 2 aliphatic rings. The summed E-state index contributed by atoms with van der Waals surface area (Å²) < 4.78 is 14.9. The Hall–Kier alpha value is -6.93. The maximum atomic E-state index is 14.9. The number of hydrogen-bond donors (Lipinski definition) is 0. The smallest absolute Gasteiger partial charge is 0.171 e. The molecule has 0 fully saturated rings. The van der Waals surface area contributed by atoms with E-state index in [4.69, 9.17) is 9.97 Å². The minimum Gasteiger partial charge on any atom is -0.309 e. The van der Waals surface area contributed by atoms with E-state index < -0.39 is 12.6 Å². The van der Waals surface area contributed by atoms with Crippen LogP contribution < -0.4 is 15.9 Å². The molecular formula is C53H35N2OP. The highest BCUT2D eigenvalue weighted by atomic mass is 31.2. The molecule has 0 amide bonds. The molecule has 0 bridgehead atoms. The number of hydrogen-bond acceptors (Lipinski definition) is 3. The summed E-state index contributed by atoms with van der Waals surface area (Å²) in [6.45, 7) is 0. The molecule has 1 heterocycles. The number of aromatic nitrogens is 2. The predicted octanol–water partition coefficient (Wildman–Crippen LogP) is 11.5. The van der Waals surface area contributed by atoms with Crippen LogP contribution in [0.1, 0.15) is 22.3 Å². The third-order valence-electron chi connectivity index (χ3n) is 11.8. The lowest BCUT2D eigenvalue weighted by Gasteiger charge is -2.31. The van der Waals surface area contributed by atoms with Gasteiger partial charge in [0.25, 0.3) is 0 Å². The Morgan fingerprint density at radius 1 is 0.333 bits per heavy atom. The van der Waals surface area contributed by atoms with Crippen molar-refractivity contribution in [2.45, 2.75) is 5.41 Å². The minimum absolute atomic E-state index is 0.552. The highest BCUT2D eigenvalue weighted by Gasteiger charge is 2.54. The molecular weight excluding hydrogens is 712 g/mol. The minimum atomic E-state index is -3.06. The van der Waals surface area contributed by atoms with Crippen molar-refractivity contribution in [3.8, 4) is 56.2 Å². The fourth-order valence-corrected chi connectivity index (χ4v) is 11.9. The van der Waals surface area contributed by atoms with Gasteiger partial charge in [0, 0.05) is 38.2 Å². The summed E-state index contributed by atoms with van der Waals surface area (Å²) in [4.78, 5) is 11.0. The van der Waals surface area contributed by atoms with Crippen LogP contribution in [0, 0.1) is 0 Å². The third-order valence-corrected chi connectivity index (χ3v) is 14.9. The molecule has 0 unspecified atom stereocenters. The van der Waals surface area contributed by atoms with Crippen LogP contribution in [0.25, 0.3) is 56.2 Å². The molecule has 9 aromatic rings. The first-order valence-electron chi connectivity index (χ1n) is 19.4. The van der Waals surface area contributed by atoms with Crippen molar-refractivity contribution >= 4 is 23.1 Å². The van der Waals surface area contributed by atoms with Crippen LogP contribution in [-0.2, 0) is 9.98 Å². The number of benzene rings is 8. The van der Waals surface area contributed by atoms with E-state index >= 15 is 0 Å². The maximum Gasteiger partial charge on any atom is 0.171 e. The van der Waals surface area contributed by atoms with Crippen LogP contribution in [0.15, 0.2) is 212 Å². The van der Waals surface area contributed by atoms with Crippen molar-refractivity contribution < 1.29 is 4.57 Å². The summed E-state index contributed by atoms with van der Waals surface area (Å²) in [5.74, 6) is 0.688. The fourth-order valence-electron chi connectivity index (χ4n) is 9.29. The van der Waals surface area contributed by atoms with E-state index in [9.17, 15) is 4.57 Å². The zero-order valence-corrected chi connectivity index (χ0v) is 31.9. The van der Waals surface area contributed by atoms with Crippen LogP contribution in [0.4, 0.5) is 0 Å². The molecule has 0 radical (unpaired) electrons. The molecule has 1 aromatic heterocycles. The van der Waals surface area contributed by atoms with Crippen molar-refractivity contribution in [2.75, 3.05) is 0 Å². The van der Waals surface area contributed by atoms with Gasteiger partial charge in [-0.1, -0.05) is 212 Å². The Morgan fingerprint density at radius 3 is 1.26 bits per heavy atom. The summed E-state index contributed by atoms with van der Waals surface area (Å²) in [5.41, 5.74) is 14.0. The van der Waals surface area contributed by atoms with Gasteiger partial charge in [-0.25, -0.2) is 9.97 Å². The van der Waals surface area contributed by atoms with Gasteiger partial charge in [0.1, 0.15) is 0 Å². The summed E-state index contributed by atoms with van der Waals surface area (Å²) in [6, 6.07) is 73.3. The lowest BCUT2D eigenvalue weighted by Crippen LogP contribution is -2.27. The highest BCUT2D eigenvalue weighted by molar-refractivity contribution is 7.85. The number of fused-ring (bicyclic) bond motifs is 10. The maximum absolute atomic E-state index is 14.9. The summed E-state index contributed by atoms with van der Waals surface area (Å²) in [7, 11) is -3.06. The first-order valence-corrected chi connectivity index (χ1v) is 21.1. The highest BCUT2D eigenvalue weighted by Crippen LogP contribution is 2.64. The van der Waals surface area contributed by atoms with E-state index in [2.05, 4.69) is 140 Å². The summed E-state index contributed by atoms with van der Waals surface area (Å²) in [5, 5.41) is 2.46. The van der Waals surface area contributed by atoms with Gasteiger partial charge in [0.2, 0.25) is 0 Å². The van der Waals surface area contributed by atoms with E-state index in [1.54, 1.807) is 0 Å². The molecule has 11 rings (SSSR count). The van der Waals surface area contributed by atoms with Gasteiger partial charge >= 0.3 is 0 Å². The van der Waals surface area contributed by atoms with Crippen LogP contribution >= 0.6 is 7.14 Å². The summed E-state index contributed by atoms with van der Waals surface area (Å²) in [6.07, 6.45) is 0. The van der Waals surface area contributed by atoms with Crippen LogP contribution in [0.3, 0.4) is 0 Å². The van der Waals surface area contributed by atoms with Gasteiger partial charge < -0.3 is 4.57 Å². The van der Waals surface area contributed by atoms with Gasteiger partial charge in [-0.3, -0.25) is 0 Å². The molecule has 3 nitrogen and oxygen atoms in total. The lowest BCUT2D eigenvalue weighted by molar-refractivity contribution is 0.592. The normalized spacial score (nSPS) is 13.1. The molecule has 4 heteroatoms. The van der Waals surface area contributed by atoms with Gasteiger partial charge in [0.15, 0.2) is 13.0 Å². The van der Waals surface area contributed by atoms with E-state index in [1.165, 1.54) is 27.8 Å². The number of rotatable bonds is 6. The van der Waals surface area contributed by atoms with Crippen LogP contribution in [-0.4, -0.2) is 9.97 Å². The van der Waals surface area contributed by atoms with Crippen LogP contribution in [0.5, 0.6) is 0 Å². The molecule has 8 aromatic carbocycles. The molecule has 57 heavy (non-hydrogen) atoms. The van der Waals surface area contributed by atoms with Gasteiger partial charge in [0.05, 0.1) is 16.8 Å². The largest absolute Gasteiger partial charge is 0.309 e. The topological polar surface area (TPSA) is 42.9 Å². The Bertz CT molecular complexity index is 2930. The quantitative estimate of drug-likeness (QED) is 0.159. The zero-order chi connectivity index (χ0) is 38.0. The SMILES string of the molecule is O=P(c1ccccc1)(c1ccccc1)c1ccc(-c2ccc(-c3nc(-c4ccccc4)c4c(n3)-c3ccccc3C43c4ccccc4-c4ccccc43)cc2)cc1. The Labute approximate surface area is 332 Å². The van der Waals surface area contributed by atoms with E-state index in [-0.39, 0.29) is 0 Å². The van der Waals surface area contributed by atoms with Crippen LogP contribution in [0.2, 0.25) is 0 Å². The lowest BCUT2D eigenvalue weighted by atomic mass is 9.69. The van der Waals surface area contributed by atoms with Crippen molar-refractivity contribution in [3.05, 3.63) is 235 Å². The average Bonchev–Trinajstić information content (AvgIpc) is 3.77. The van der Waals surface area contributed by atoms with Gasteiger partial charge in [-0.15, -0.1) is 0 Å². The van der Waals surface area contributed by atoms with Crippen molar-refractivity contribution in [1.29, 1.82) is 0 Å². The standard InChI is InChI=1S/C53H35N2OP/c56-57(40-18-6-2-7-19-40,41-20-8-3-9-21-41)42-34-32-37(33-35-42)36-28-30-39(31-29-36)52-54-50(38-16-4-1-5-17-38)49-51(55-52)45-24-12-15-27-48(45)53(49)46-25-13-10-22-43(46)44-23-11-14-26-47(44)53/h1-35H.